The Bertz CT molecular complexity index is 117. The molecule has 0 aliphatic carbocycles. The van der Waals surface area contributed by atoms with Gasteiger partial charge in [0, 0.05) is 5.75 Å². The number of hydrogen-bond acceptors (Lipinski definition) is 4. The summed E-state index contributed by atoms with van der Waals surface area (Å²) in [5, 5.41) is 8.29. The van der Waals surface area contributed by atoms with Crippen LogP contribution in [0.25, 0.3) is 0 Å². The van der Waals surface area contributed by atoms with Gasteiger partial charge in [0.05, 0.1) is 0 Å². The zero-order valence-corrected chi connectivity index (χ0v) is 8.23. The van der Waals surface area contributed by atoms with Crippen molar-refractivity contribution >= 4 is 17.7 Å². The standard InChI is InChI=1S/C8H16O3S/c1-2-3-5-12-6-4-11-8(10)7-9/h9H,2-7H2,1H3. The van der Waals surface area contributed by atoms with Crippen LogP contribution in [0.15, 0.2) is 0 Å². The molecule has 0 fully saturated rings. The zero-order valence-electron chi connectivity index (χ0n) is 7.41. The van der Waals surface area contributed by atoms with Crippen LogP contribution in [0.4, 0.5) is 0 Å². The van der Waals surface area contributed by atoms with Gasteiger partial charge in [-0.1, -0.05) is 13.3 Å². The molecule has 0 rings (SSSR count). The van der Waals surface area contributed by atoms with Crippen LogP contribution < -0.4 is 0 Å². The second-order valence-corrected chi connectivity index (χ2v) is 3.57. The van der Waals surface area contributed by atoms with E-state index in [4.69, 9.17) is 5.11 Å². The molecular formula is C8H16O3S. The maximum Gasteiger partial charge on any atom is 0.331 e. The summed E-state index contributed by atoms with van der Waals surface area (Å²) in [6, 6.07) is 0. The highest BCUT2D eigenvalue weighted by Crippen LogP contribution is 2.03. The number of aliphatic hydroxyl groups is 1. The van der Waals surface area contributed by atoms with Crippen molar-refractivity contribution in [2.45, 2.75) is 19.8 Å². The minimum atomic E-state index is -0.536. The number of aliphatic hydroxyl groups excluding tert-OH is 1. The molecule has 3 nitrogen and oxygen atoms in total. The third-order valence-corrected chi connectivity index (χ3v) is 2.29. The van der Waals surface area contributed by atoms with Crippen LogP contribution in [-0.2, 0) is 9.53 Å². The number of carbonyl (C=O) groups is 1. The van der Waals surface area contributed by atoms with Gasteiger partial charge in [0.1, 0.15) is 13.2 Å². The summed E-state index contributed by atoms with van der Waals surface area (Å²) in [5.41, 5.74) is 0. The van der Waals surface area contributed by atoms with Gasteiger partial charge in [0.15, 0.2) is 0 Å². The highest BCUT2D eigenvalue weighted by molar-refractivity contribution is 7.99. The number of esters is 1. The van der Waals surface area contributed by atoms with Gasteiger partial charge in [0.25, 0.3) is 0 Å². The van der Waals surface area contributed by atoms with E-state index >= 15 is 0 Å². The average Bonchev–Trinajstić information content (AvgIpc) is 2.10. The number of ether oxygens (including phenoxy) is 1. The van der Waals surface area contributed by atoms with Crippen LogP contribution in [0.3, 0.4) is 0 Å². The highest BCUT2D eigenvalue weighted by atomic mass is 32.2. The van der Waals surface area contributed by atoms with Crippen molar-refractivity contribution in [2.75, 3.05) is 24.7 Å². The summed E-state index contributed by atoms with van der Waals surface area (Å²) in [6.45, 7) is 2.04. The molecule has 0 aromatic heterocycles. The molecule has 72 valence electrons. The molecule has 0 heterocycles. The van der Waals surface area contributed by atoms with Crippen LogP contribution in [0.1, 0.15) is 19.8 Å². The lowest BCUT2D eigenvalue weighted by Gasteiger charge is -2.01. The number of thioether (sulfide) groups is 1. The van der Waals surface area contributed by atoms with E-state index in [1.54, 1.807) is 11.8 Å². The van der Waals surface area contributed by atoms with Crippen LogP contribution in [0.2, 0.25) is 0 Å². The summed E-state index contributed by atoms with van der Waals surface area (Å²) in [4.78, 5) is 10.4. The highest BCUT2D eigenvalue weighted by Gasteiger charge is 1.97. The Morgan fingerprint density at radius 2 is 2.25 bits per heavy atom. The number of rotatable bonds is 7. The Balaban J connectivity index is 2.95. The Hall–Kier alpha value is -0.220. The van der Waals surface area contributed by atoms with E-state index in [1.807, 2.05) is 0 Å². The van der Waals surface area contributed by atoms with Crippen molar-refractivity contribution in [3.63, 3.8) is 0 Å². The second kappa shape index (κ2) is 8.87. The van der Waals surface area contributed by atoms with E-state index in [0.29, 0.717) is 6.61 Å². The summed E-state index contributed by atoms with van der Waals surface area (Å²) < 4.78 is 4.66. The molecule has 4 heteroatoms. The lowest BCUT2D eigenvalue weighted by Crippen LogP contribution is -2.11. The zero-order chi connectivity index (χ0) is 9.23. The van der Waals surface area contributed by atoms with E-state index in [2.05, 4.69) is 11.7 Å². The van der Waals surface area contributed by atoms with E-state index in [-0.39, 0.29) is 0 Å². The van der Waals surface area contributed by atoms with Crippen molar-refractivity contribution in [1.82, 2.24) is 0 Å². The van der Waals surface area contributed by atoms with Crippen LogP contribution in [-0.4, -0.2) is 35.8 Å². The third kappa shape index (κ3) is 7.88. The summed E-state index contributed by atoms with van der Waals surface area (Å²) in [5.74, 6) is 1.41. The van der Waals surface area contributed by atoms with Gasteiger partial charge in [-0.05, 0) is 12.2 Å². The molecular weight excluding hydrogens is 176 g/mol. The quantitative estimate of drug-likeness (QED) is 0.484. The van der Waals surface area contributed by atoms with Crippen molar-refractivity contribution in [2.24, 2.45) is 0 Å². The van der Waals surface area contributed by atoms with Gasteiger partial charge in [-0.15, -0.1) is 0 Å². The third-order valence-electron chi connectivity index (χ3n) is 1.26. The molecule has 0 atom stereocenters. The van der Waals surface area contributed by atoms with Crippen molar-refractivity contribution < 1.29 is 14.6 Å². The van der Waals surface area contributed by atoms with Gasteiger partial charge < -0.3 is 9.84 Å². The van der Waals surface area contributed by atoms with Gasteiger partial charge >= 0.3 is 5.97 Å². The van der Waals surface area contributed by atoms with Gasteiger partial charge in [-0.3, -0.25) is 0 Å². The molecule has 12 heavy (non-hydrogen) atoms. The first-order valence-corrected chi connectivity index (χ1v) is 5.31. The Morgan fingerprint density at radius 3 is 2.83 bits per heavy atom. The largest absolute Gasteiger partial charge is 0.463 e. The van der Waals surface area contributed by atoms with Gasteiger partial charge in [-0.2, -0.15) is 11.8 Å². The molecule has 0 spiro atoms. The van der Waals surface area contributed by atoms with E-state index in [9.17, 15) is 4.79 Å². The maximum absolute atomic E-state index is 10.4. The van der Waals surface area contributed by atoms with E-state index < -0.39 is 12.6 Å². The summed E-state index contributed by atoms with van der Waals surface area (Å²) in [6.07, 6.45) is 2.40. The van der Waals surface area contributed by atoms with Crippen molar-refractivity contribution in [3.05, 3.63) is 0 Å². The molecule has 0 aromatic rings. The molecule has 0 saturated heterocycles. The molecule has 0 bridgehead atoms. The molecule has 0 aromatic carbocycles. The molecule has 0 saturated carbocycles. The first-order valence-electron chi connectivity index (χ1n) is 4.15. The molecule has 1 N–H and O–H groups in total. The Kier molecular flexibility index (Phi) is 8.71. The fourth-order valence-corrected chi connectivity index (χ4v) is 1.51. The normalized spacial score (nSPS) is 9.83. The smallest absolute Gasteiger partial charge is 0.331 e. The minimum absolute atomic E-state index is 0.410. The molecule has 0 amide bonds. The van der Waals surface area contributed by atoms with Crippen LogP contribution in [0.5, 0.6) is 0 Å². The predicted molar refractivity (Wildman–Crippen MR) is 50.3 cm³/mol. The Morgan fingerprint density at radius 1 is 1.50 bits per heavy atom. The maximum atomic E-state index is 10.4. The SMILES string of the molecule is CCCCSCCOC(=O)CO. The van der Waals surface area contributed by atoms with Gasteiger partial charge in [-0.25, -0.2) is 4.79 Å². The predicted octanol–water partition coefficient (Wildman–Crippen LogP) is 1.06. The fraction of sp³-hybridized carbons (Fsp3) is 0.875. The second-order valence-electron chi connectivity index (χ2n) is 2.34. The van der Waals surface area contributed by atoms with E-state index in [1.165, 1.54) is 12.8 Å². The minimum Gasteiger partial charge on any atom is -0.463 e. The van der Waals surface area contributed by atoms with Crippen LogP contribution in [0, 0.1) is 0 Å². The van der Waals surface area contributed by atoms with E-state index in [0.717, 1.165) is 11.5 Å². The van der Waals surface area contributed by atoms with Crippen molar-refractivity contribution in [1.29, 1.82) is 0 Å². The lowest BCUT2D eigenvalue weighted by atomic mass is 10.4. The first-order chi connectivity index (χ1) is 5.81. The lowest BCUT2D eigenvalue weighted by molar-refractivity contribution is -0.146. The van der Waals surface area contributed by atoms with Gasteiger partial charge in [0.2, 0.25) is 0 Å². The summed E-state index contributed by atoms with van der Waals surface area (Å²) >= 11 is 1.77. The molecule has 0 radical (unpaired) electrons. The summed E-state index contributed by atoms with van der Waals surface area (Å²) in [7, 11) is 0. The molecule has 0 aliphatic rings. The fourth-order valence-electron chi connectivity index (χ4n) is 0.609. The average molecular weight is 192 g/mol. The first kappa shape index (κ1) is 11.8. The molecule has 0 aliphatic heterocycles. The van der Waals surface area contributed by atoms with Crippen molar-refractivity contribution in [3.8, 4) is 0 Å². The number of carbonyl (C=O) groups excluding carboxylic acids is 1. The molecule has 0 unspecified atom stereocenters. The number of unbranched alkanes of at least 4 members (excludes halogenated alkanes) is 1. The topological polar surface area (TPSA) is 46.5 Å². The Labute approximate surface area is 77.5 Å². The number of hydrogen-bond donors (Lipinski definition) is 1. The monoisotopic (exact) mass is 192 g/mol. The van der Waals surface area contributed by atoms with Crippen LogP contribution >= 0.6 is 11.8 Å².